The highest BCUT2D eigenvalue weighted by Gasteiger charge is 2.10. The number of H-pyrrole nitrogens is 1. The average molecular weight is 303 g/mol. The van der Waals surface area contributed by atoms with Crippen LogP contribution in [0.15, 0.2) is 54.7 Å². The van der Waals surface area contributed by atoms with Crippen molar-refractivity contribution in [3.05, 3.63) is 71.7 Å². The smallest absolute Gasteiger partial charge is 0.335 e. The fraction of sp³-hybridized carbons (Fsp3) is 0.0556. The first kappa shape index (κ1) is 13.5. The maximum Gasteiger partial charge on any atom is 0.335 e. The molecule has 5 nitrogen and oxygen atoms in total. The number of aromatic nitrogens is 3. The predicted octanol–water partition coefficient (Wildman–Crippen LogP) is 3.40. The van der Waals surface area contributed by atoms with E-state index >= 15 is 0 Å². The van der Waals surface area contributed by atoms with Crippen LogP contribution in [0.5, 0.6) is 0 Å². The van der Waals surface area contributed by atoms with Gasteiger partial charge in [0.05, 0.1) is 5.56 Å². The molecular weight excluding hydrogens is 290 g/mol. The highest BCUT2D eigenvalue weighted by atomic mass is 16.4. The third-order valence-electron chi connectivity index (χ3n) is 3.85. The molecule has 0 bridgehead atoms. The third kappa shape index (κ3) is 2.42. The van der Waals surface area contributed by atoms with Crippen molar-refractivity contribution in [3.8, 4) is 0 Å². The van der Waals surface area contributed by atoms with E-state index in [2.05, 4.69) is 15.0 Å². The summed E-state index contributed by atoms with van der Waals surface area (Å²) in [5.74, 6) is -0.213. The fourth-order valence-corrected chi connectivity index (χ4v) is 2.72. The zero-order chi connectivity index (χ0) is 15.8. The third-order valence-corrected chi connectivity index (χ3v) is 3.85. The Kier molecular flexibility index (Phi) is 3.05. The van der Waals surface area contributed by atoms with Crippen molar-refractivity contribution >= 4 is 27.9 Å². The summed E-state index contributed by atoms with van der Waals surface area (Å²) >= 11 is 0. The molecule has 0 aliphatic carbocycles. The zero-order valence-electron chi connectivity index (χ0n) is 12.2. The van der Waals surface area contributed by atoms with E-state index in [1.807, 2.05) is 30.3 Å². The van der Waals surface area contributed by atoms with Crippen LogP contribution in [0.1, 0.15) is 21.7 Å². The molecule has 0 aliphatic rings. The molecule has 0 spiro atoms. The molecule has 0 saturated heterocycles. The van der Waals surface area contributed by atoms with E-state index in [-0.39, 0.29) is 5.56 Å². The van der Waals surface area contributed by atoms with Crippen molar-refractivity contribution in [1.29, 1.82) is 0 Å². The Morgan fingerprint density at radius 2 is 1.91 bits per heavy atom. The molecule has 4 aromatic rings. The van der Waals surface area contributed by atoms with Crippen molar-refractivity contribution in [2.45, 2.75) is 6.42 Å². The first-order valence-electron chi connectivity index (χ1n) is 7.25. The van der Waals surface area contributed by atoms with Gasteiger partial charge in [-0.2, -0.15) is 0 Å². The molecular formula is C18H13N3O2. The molecule has 2 aromatic carbocycles. The van der Waals surface area contributed by atoms with E-state index in [9.17, 15) is 4.79 Å². The maximum absolute atomic E-state index is 11.1. The SMILES string of the molecule is O=C(O)c1ccc2c(c1)[nH]c1nc(Cc3ccccc3)ncc12. The summed E-state index contributed by atoms with van der Waals surface area (Å²) in [6.07, 6.45) is 2.45. The number of hydrogen-bond donors (Lipinski definition) is 2. The number of aromatic amines is 1. The molecule has 0 saturated carbocycles. The van der Waals surface area contributed by atoms with Gasteiger partial charge < -0.3 is 10.1 Å². The Bertz CT molecular complexity index is 1020. The van der Waals surface area contributed by atoms with Crippen LogP contribution in [0.3, 0.4) is 0 Å². The van der Waals surface area contributed by atoms with Gasteiger partial charge in [0.15, 0.2) is 0 Å². The number of benzene rings is 2. The molecule has 4 rings (SSSR count). The number of carboxylic acids is 1. The Morgan fingerprint density at radius 3 is 2.70 bits per heavy atom. The van der Waals surface area contributed by atoms with Gasteiger partial charge in [-0.25, -0.2) is 14.8 Å². The van der Waals surface area contributed by atoms with Crippen LogP contribution in [0, 0.1) is 0 Å². The second kappa shape index (κ2) is 5.21. The lowest BCUT2D eigenvalue weighted by atomic mass is 10.1. The van der Waals surface area contributed by atoms with Crippen LogP contribution in [0.4, 0.5) is 0 Å². The number of carbonyl (C=O) groups is 1. The van der Waals surface area contributed by atoms with Gasteiger partial charge in [-0.1, -0.05) is 36.4 Å². The summed E-state index contributed by atoms with van der Waals surface area (Å²) in [6.45, 7) is 0. The lowest BCUT2D eigenvalue weighted by Crippen LogP contribution is -1.96. The Labute approximate surface area is 131 Å². The van der Waals surface area contributed by atoms with Gasteiger partial charge in [0, 0.05) is 28.9 Å². The molecule has 2 aromatic heterocycles. The van der Waals surface area contributed by atoms with Crippen molar-refractivity contribution < 1.29 is 9.90 Å². The first-order valence-corrected chi connectivity index (χ1v) is 7.25. The monoisotopic (exact) mass is 303 g/mol. The van der Waals surface area contributed by atoms with E-state index < -0.39 is 5.97 Å². The summed E-state index contributed by atoms with van der Waals surface area (Å²) in [4.78, 5) is 23.3. The molecule has 112 valence electrons. The van der Waals surface area contributed by atoms with Crippen molar-refractivity contribution in [3.63, 3.8) is 0 Å². The Hall–Kier alpha value is -3.21. The summed E-state index contributed by atoms with van der Waals surface area (Å²) in [7, 11) is 0. The second-order valence-electron chi connectivity index (χ2n) is 5.40. The number of rotatable bonds is 3. The minimum atomic E-state index is -0.943. The number of fused-ring (bicyclic) bond motifs is 3. The average Bonchev–Trinajstić information content (AvgIpc) is 2.92. The summed E-state index contributed by atoms with van der Waals surface area (Å²) < 4.78 is 0. The zero-order valence-corrected chi connectivity index (χ0v) is 12.2. The molecule has 0 aliphatic heterocycles. The van der Waals surface area contributed by atoms with Crippen LogP contribution >= 0.6 is 0 Å². The number of nitrogens with one attached hydrogen (secondary N) is 1. The maximum atomic E-state index is 11.1. The number of nitrogens with zero attached hydrogens (tertiary/aromatic N) is 2. The van der Waals surface area contributed by atoms with Gasteiger partial charge in [0.25, 0.3) is 0 Å². The molecule has 2 heterocycles. The fourth-order valence-electron chi connectivity index (χ4n) is 2.72. The highest BCUT2D eigenvalue weighted by molar-refractivity contribution is 6.07. The van der Waals surface area contributed by atoms with E-state index in [4.69, 9.17) is 5.11 Å². The molecule has 23 heavy (non-hydrogen) atoms. The van der Waals surface area contributed by atoms with Crippen LogP contribution < -0.4 is 0 Å². The Balaban J connectivity index is 1.79. The lowest BCUT2D eigenvalue weighted by molar-refractivity contribution is 0.0697. The lowest BCUT2D eigenvalue weighted by Gasteiger charge is -2.00. The quantitative estimate of drug-likeness (QED) is 0.608. The Morgan fingerprint density at radius 1 is 1.09 bits per heavy atom. The van der Waals surface area contributed by atoms with Gasteiger partial charge in [-0.15, -0.1) is 0 Å². The minimum absolute atomic E-state index is 0.251. The minimum Gasteiger partial charge on any atom is -0.478 e. The molecule has 0 amide bonds. The molecule has 5 heteroatoms. The van der Waals surface area contributed by atoms with Crippen molar-refractivity contribution in [2.75, 3.05) is 0 Å². The van der Waals surface area contributed by atoms with Gasteiger partial charge >= 0.3 is 5.97 Å². The van der Waals surface area contributed by atoms with Crippen molar-refractivity contribution in [2.24, 2.45) is 0 Å². The van der Waals surface area contributed by atoms with Crippen LogP contribution in [-0.4, -0.2) is 26.0 Å². The summed E-state index contributed by atoms with van der Waals surface area (Å²) in [5.41, 5.74) is 2.88. The second-order valence-corrected chi connectivity index (χ2v) is 5.40. The first-order chi connectivity index (χ1) is 11.2. The predicted molar refractivity (Wildman–Crippen MR) is 87.6 cm³/mol. The largest absolute Gasteiger partial charge is 0.478 e. The molecule has 0 atom stereocenters. The van der Waals surface area contributed by atoms with Gasteiger partial charge in [-0.3, -0.25) is 0 Å². The number of carboxylic acid groups (broad SMARTS) is 1. The molecule has 0 radical (unpaired) electrons. The van der Waals surface area contributed by atoms with E-state index in [1.165, 1.54) is 0 Å². The van der Waals surface area contributed by atoms with Gasteiger partial charge in [0.1, 0.15) is 11.5 Å². The van der Waals surface area contributed by atoms with E-state index in [0.717, 1.165) is 33.3 Å². The summed E-state index contributed by atoms with van der Waals surface area (Å²) in [6, 6.07) is 15.0. The number of aromatic carboxylic acids is 1. The standard InChI is InChI=1S/C18H13N3O2/c22-18(23)12-6-7-13-14-10-19-16(8-11-4-2-1-3-5-11)21-17(14)20-15(13)9-12/h1-7,9-10H,8H2,(H,22,23)(H,19,20,21). The molecule has 0 unspecified atom stereocenters. The van der Waals surface area contributed by atoms with E-state index in [0.29, 0.717) is 6.42 Å². The van der Waals surface area contributed by atoms with Crippen LogP contribution in [-0.2, 0) is 6.42 Å². The van der Waals surface area contributed by atoms with Crippen molar-refractivity contribution in [1.82, 2.24) is 15.0 Å². The topological polar surface area (TPSA) is 78.9 Å². The number of hydrogen-bond acceptors (Lipinski definition) is 3. The summed E-state index contributed by atoms with van der Waals surface area (Å²) in [5, 5.41) is 10.9. The highest BCUT2D eigenvalue weighted by Crippen LogP contribution is 2.24. The van der Waals surface area contributed by atoms with E-state index in [1.54, 1.807) is 24.4 Å². The molecule has 2 N–H and O–H groups in total. The van der Waals surface area contributed by atoms with Crippen LogP contribution in [0.2, 0.25) is 0 Å². The normalized spacial score (nSPS) is 11.1. The molecule has 0 fully saturated rings. The van der Waals surface area contributed by atoms with Crippen LogP contribution in [0.25, 0.3) is 21.9 Å². The van der Waals surface area contributed by atoms with Gasteiger partial charge in [-0.05, 0) is 17.7 Å². The van der Waals surface area contributed by atoms with Gasteiger partial charge in [0.2, 0.25) is 0 Å².